The van der Waals surface area contributed by atoms with Crippen LogP contribution in [0.25, 0.3) is 0 Å². The molecule has 1 atom stereocenters. The monoisotopic (exact) mass is 265 g/mol. The van der Waals surface area contributed by atoms with Gasteiger partial charge in [0.25, 0.3) is 0 Å². The molecule has 0 saturated heterocycles. The van der Waals surface area contributed by atoms with Crippen LogP contribution in [0.4, 0.5) is 0 Å². The van der Waals surface area contributed by atoms with Crippen molar-refractivity contribution < 1.29 is 4.74 Å². The number of aromatic nitrogens is 2. The zero-order chi connectivity index (χ0) is 13.7. The molecule has 1 N–H and O–H groups in total. The van der Waals surface area contributed by atoms with E-state index >= 15 is 0 Å². The van der Waals surface area contributed by atoms with Gasteiger partial charge >= 0.3 is 0 Å². The Hall–Kier alpha value is -0.870. The number of hydrogen-bond acceptors (Lipinski definition) is 3. The quantitative estimate of drug-likeness (QED) is 0.858. The Morgan fingerprint density at radius 2 is 2.16 bits per heavy atom. The highest BCUT2D eigenvalue weighted by Crippen LogP contribution is 2.35. The van der Waals surface area contributed by atoms with E-state index in [-0.39, 0.29) is 5.60 Å². The highest BCUT2D eigenvalue weighted by molar-refractivity contribution is 5.05. The minimum atomic E-state index is 0.0369. The molecule has 0 spiro atoms. The van der Waals surface area contributed by atoms with E-state index in [2.05, 4.69) is 23.7 Å². The molecule has 0 radical (unpaired) electrons. The van der Waals surface area contributed by atoms with Crippen molar-refractivity contribution in [2.75, 3.05) is 14.2 Å². The predicted molar refractivity (Wildman–Crippen MR) is 77.2 cm³/mol. The van der Waals surface area contributed by atoms with Gasteiger partial charge < -0.3 is 10.1 Å². The van der Waals surface area contributed by atoms with Crippen LogP contribution in [0.1, 0.15) is 44.1 Å². The molecule has 1 aromatic rings. The van der Waals surface area contributed by atoms with E-state index < -0.39 is 0 Å². The lowest BCUT2D eigenvalue weighted by molar-refractivity contribution is -0.0675. The maximum absolute atomic E-state index is 5.94. The molecule has 1 aliphatic carbocycles. The summed E-state index contributed by atoms with van der Waals surface area (Å²) in [6.45, 7) is 0. The van der Waals surface area contributed by atoms with Crippen molar-refractivity contribution in [2.24, 2.45) is 7.05 Å². The molecule has 1 unspecified atom stereocenters. The maximum Gasteiger partial charge on any atom is 0.0830 e. The Labute approximate surface area is 116 Å². The fourth-order valence-corrected chi connectivity index (χ4v) is 3.43. The van der Waals surface area contributed by atoms with Gasteiger partial charge in [-0.05, 0) is 38.3 Å². The summed E-state index contributed by atoms with van der Waals surface area (Å²) in [4.78, 5) is 0. The van der Waals surface area contributed by atoms with E-state index in [1.807, 2.05) is 25.0 Å². The summed E-state index contributed by atoms with van der Waals surface area (Å²) in [5.74, 6) is 0. The Bertz CT molecular complexity index is 382. The first-order valence-corrected chi connectivity index (χ1v) is 7.40. The van der Waals surface area contributed by atoms with Crippen molar-refractivity contribution >= 4 is 0 Å². The average Bonchev–Trinajstić information content (AvgIpc) is 2.86. The molecule has 0 aromatic carbocycles. The fourth-order valence-electron chi connectivity index (χ4n) is 3.43. The highest BCUT2D eigenvalue weighted by Gasteiger charge is 2.38. The second-order valence-corrected chi connectivity index (χ2v) is 5.73. The first kappa shape index (κ1) is 14.5. The second kappa shape index (κ2) is 6.53. The van der Waals surface area contributed by atoms with Crippen molar-refractivity contribution in [3.8, 4) is 0 Å². The summed E-state index contributed by atoms with van der Waals surface area (Å²) in [5, 5.41) is 7.72. The van der Waals surface area contributed by atoms with Crippen molar-refractivity contribution in [3.63, 3.8) is 0 Å². The van der Waals surface area contributed by atoms with Gasteiger partial charge in [0.2, 0.25) is 0 Å². The molecular weight excluding hydrogens is 238 g/mol. The Morgan fingerprint density at radius 3 is 2.68 bits per heavy atom. The van der Waals surface area contributed by atoms with Crippen molar-refractivity contribution in [1.82, 2.24) is 15.1 Å². The smallest absolute Gasteiger partial charge is 0.0830 e. The maximum atomic E-state index is 5.94. The number of aryl methyl sites for hydroxylation is 2. The molecule has 1 aromatic heterocycles. The van der Waals surface area contributed by atoms with E-state index in [1.54, 1.807) is 0 Å². The Morgan fingerprint density at radius 1 is 1.42 bits per heavy atom. The van der Waals surface area contributed by atoms with Gasteiger partial charge in [-0.15, -0.1) is 0 Å². The molecule has 0 amide bonds. The van der Waals surface area contributed by atoms with E-state index in [1.165, 1.54) is 37.7 Å². The number of methoxy groups -OCH3 is 1. The topological polar surface area (TPSA) is 39.1 Å². The zero-order valence-electron chi connectivity index (χ0n) is 12.5. The molecular formula is C15H27N3O. The number of nitrogens with one attached hydrogen (secondary N) is 1. The Balaban J connectivity index is 1.97. The lowest BCUT2D eigenvalue weighted by Crippen LogP contribution is -2.52. The van der Waals surface area contributed by atoms with Gasteiger partial charge in [-0.25, -0.2) is 0 Å². The molecule has 108 valence electrons. The van der Waals surface area contributed by atoms with E-state index in [9.17, 15) is 0 Å². The molecule has 1 aliphatic rings. The molecule has 1 saturated carbocycles. The van der Waals surface area contributed by atoms with Crippen LogP contribution in [0.5, 0.6) is 0 Å². The van der Waals surface area contributed by atoms with E-state index in [0.29, 0.717) is 6.04 Å². The lowest BCUT2D eigenvalue weighted by Gasteiger charge is -2.42. The minimum Gasteiger partial charge on any atom is -0.377 e. The van der Waals surface area contributed by atoms with Gasteiger partial charge in [-0.2, -0.15) is 5.10 Å². The third-order valence-electron chi connectivity index (χ3n) is 4.57. The first-order chi connectivity index (χ1) is 9.20. The summed E-state index contributed by atoms with van der Waals surface area (Å²) in [5.41, 5.74) is 1.35. The van der Waals surface area contributed by atoms with Crippen molar-refractivity contribution in [2.45, 2.75) is 56.6 Å². The van der Waals surface area contributed by atoms with Crippen LogP contribution in [-0.2, 0) is 18.2 Å². The van der Waals surface area contributed by atoms with Crippen LogP contribution in [0.15, 0.2) is 12.4 Å². The molecule has 4 heteroatoms. The zero-order valence-corrected chi connectivity index (χ0v) is 12.5. The summed E-state index contributed by atoms with van der Waals surface area (Å²) in [6, 6.07) is 0.429. The molecule has 0 bridgehead atoms. The standard InChI is InChI=1S/C15H27N3O/c1-16-14(8-7-13-11-17-18(2)12-13)15(19-3)9-5-4-6-10-15/h11-12,14,16H,4-10H2,1-3H3. The Kier molecular flexibility index (Phi) is 4.99. The largest absolute Gasteiger partial charge is 0.377 e. The van der Waals surface area contributed by atoms with Gasteiger partial charge in [-0.3, -0.25) is 4.68 Å². The summed E-state index contributed by atoms with van der Waals surface area (Å²) >= 11 is 0. The van der Waals surface area contributed by atoms with E-state index in [4.69, 9.17) is 4.74 Å². The molecule has 1 fully saturated rings. The fraction of sp³-hybridized carbons (Fsp3) is 0.800. The normalized spacial score (nSPS) is 20.4. The third kappa shape index (κ3) is 3.37. The van der Waals surface area contributed by atoms with Crippen molar-refractivity contribution in [1.29, 1.82) is 0 Å². The number of likely N-dealkylation sites (N-methyl/N-ethyl adjacent to an activating group) is 1. The van der Waals surface area contributed by atoms with Crippen LogP contribution in [0, 0.1) is 0 Å². The van der Waals surface area contributed by atoms with Crippen LogP contribution in [0.2, 0.25) is 0 Å². The number of ether oxygens (including phenoxy) is 1. The summed E-state index contributed by atoms with van der Waals surface area (Å²) in [6.07, 6.45) is 12.5. The van der Waals surface area contributed by atoms with Gasteiger partial charge in [0.05, 0.1) is 11.8 Å². The third-order valence-corrected chi connectivity index (χ3v) is 4.57. The van der Waals surface area contributed by atoms with Crippen molar-refractivity contribution in [3.05, 3.63) is 18.0 Å². The lowest BCUT2D eigenvalue weighted by atomic mass is 9.77. The highest BCUT2D eigenvalue weighted by atomic mass is 16.5. The first-order valence-electron chi connectivity index (χ1n) is 7.40. The average molecular weight is 265 g/mol. The van der Waals surface area contributed by atoms with Crippen LogP contribution >= 0.6 is 0 Å². The van der Waals surface area contributed by atoms with Crippen LogP contribution in [-0.4, -0.2) is 35.6 Å². The summed E-state index contributed by atoms with van der Waals surface area (Å²) < 4.78 is 7.81. The van der Waals surface area contributed by atoms with Gasteiger partial charge in [0.15, 0.2) is 0 Å². The molecule has 2 rings (SSSR count). The number of hydrogen-bond donors (Lipinski definition) is 1. The number of rotatable bonds is 6. The van der Waals surface area contributed by atoms with E-state index in [0.717, 1.165) is 12.8 Å². The SMILES string of the molecule is CNC(CCc1cnn(C)c1)C1(OC)CCCCC1. The number of nitrogens with zero attached hydrogens (tertiary/aromatic N) is 2. The van der Waals surface area contributed by atoms with Gasteiger partial charge in [-0.1, -0.05) is 19.3 Å². The molecule has 4 nitrogen and oxygen atoms in total. The van der Waals surface area contributed by atoms with Gasteiger partial charge in [0.1, 0.15) is 0 Å². The predicted octanol–water partition coefficient (Wildman–Crippen LogP) is 2.29. The van der Waals surface area contributed by atoms with Crippen LogP contribution in [0.3, 0.4) is 0 Å². The van der Waals surface area contributed by atoms with Crippen LogP contribution < -0.4 is 5.32 Å². The molecule has 19 heavy (non-hydrogen) atoms. The molecule has 1 heterocycles. The second-order valence-electron chi connectivity index (χ2n) is 5.73. The summed E-state index contributed by atoms with van der Waals surface area (Å²) in [7, 11) is 5.90. The van der Waals surface area contributed by atoms with Gasteiger partial charge in [0, 0.05) is 26.4 Å². The molecule has 0 aliphatic heterocycles. The minimum absolute atomic E-state index is 0.0369.